The molecule has 12 nitrogen and oxygen atoms in total. The van der Waals surface area contributed by atoms with Gasteiger partial charge in [-0.2, -0.15) is 0 Å². The smallest absolute Gasteiger partial charge is 0.333 e. The van der Waals surface area contributed by atoms with E-state index >= 15 is 0 Å². The minimum Gasteiger partial charge on any atom is -0.491 e. The largest absolute Gasteiger partial charge is 0.491 e. The molecule has 0 atom stereocenters. The van der Waals surface area contributed by atoms with Gasteiger partial charge in [0.15, 0.2) is 0 Å². The van der Waals surface area contributed by atoms with Crippen LogP contribution < -0.4 is 14.2 Å². The lowest BCUT2D eigenvalue weighted by atomic mass is 10.3. The van der Waals surface area contributed by atoms with Gasteiger partial charge in [0.05, 0.1) is 39.6 Å². The molecule has 0 radical (unpaired) electrons. The van der Waals surface area contributed by atoms with Crippen LogP contribution in [0.2, 0.25) is 0 Å². The Bertz CT molecular complexity index is 1480. The molecule has 0 N–H and O–H groups in total. The van der Waals surface area contributed by atoms with Gasteiger partial charge >= 0.3 is 17.9 Å². The summed E-state index contributed by atoms with van der Waals surface area (Å²) in [7, 11) is 0. The van der Waals surface area contributed by atoms with E-state index in [0.717, 1.165) is 17.2 Å². The molecule has 3 aromatic rings. The number of hydrogen-bond donors (Lipinski definition) is 0. The van der Waals surface area contributed by atoms with Crippen molar-refractivity contribution in [2.24, 2.45) is 0 Å². The maximum Gasteiger partial charge on any atom is 0.333 e. The molecule has 0 aliphatic carbocycles. The van der Waals surface area contributed by atoms with Crippen molar-refractivity contribution in [2.45, 2.75) is 20.8 Å². The van der Waals surface area contributed by atoms with Crippen molar-refractivity contribution in [1.29, 1.82) is 0 Å². The summed E-state index contributed by atoms with van der Waals surface area (Å²) in [6, 6.07) is 28.5. The molecule has 3 rings (SSSR count). The van der Waals surface area contributed by atoms with Gasteiger partial charge in [-0.3, -0.25) is 0 Å². The van der Waals surface area contributed by atoms with E-state index in [1.54, 1.807) is 20.8 Å². The molecular formula is C42H54O12. The van der Waals surface area contributed by atoms with Crippen molar-refractivity contribution < 1.29 is 57.0 Å². The molecule has 0 heterocycles. The van der Waals surface area contributed by atoms with Crippen molar-refractivity contribution in [2.75, 3.05) is 79.3 Å². The zero-order valence-corrected chi connectivity index (χ0v) is 31.7. The van der Waals surface area contributed by atoms with Crippen LogP contribution in [0.1, 0.15) is 20.8 Å². The third-order valence-corrected chi connectivity index (χ3v) is 6.15. The van der Waals surface area contributed by atoms with Gasteiger partial charge in [-0.15, -0.1) is 0 Å². The fourth-order valence-electron chi connectivity index (χ4n) is 3.46. The summed E-state index contributed by atoms with van der Waals surface area (Å²) in [6.07, 6.45) is 0. The van der Waals surface area contributed by atoms with Crippen molar-refractivity contribution in [3.05, 3.63) is 127 Å². The summed E-state index contributed by atoms with van der Waals surface area (Å²) in [5.74, 6) is 1.24. The quantitative estimate of drug-likeness (QED) is 0.0423. The maximum absolute atomic E-state index is 11.1. The number of carbonyl (C=O) groups excluding carboxylic acids is 3. The highest BCUT2D eigenvalue weighted by atomic mass is 16.6. The van der Waals surface area contributed by atoms with Gasteiger partial charge in [-0.25, -0.2) is 14.4 Å². The molecule has 0 saturated carbocycles. The number of esters is 3. The molecule has 0 saturated heterocycles. The molecule has 54 heavy (non-hydrogen) atoms. The summed E-state index contributed by atoms with van der Waals surface area (Å²) in [6.45, 7) is 19.9. The minimum absolute atomic E-state index is 0.225. The lowest BCUT2D eigenvalue weighted by Crippen LogP contribution is -2.14. The van der Waals surface area contributed by atoms with Crippen LogP contribution in [0.15, 0.2) is 127 Å². The zero-order valence-electron chi connectivity index (χ0n) is 31.7. The predicted octanol–water partition coefficient (Wildman–Crippen LogP) is 6.60. The number of carbonyl (C=O) groups is 3. The number of hydrogen-bond acceptors (Lipinski definition) is 12. The van der Waals surface area contributed by atoms with Crippen molar-refractivity contribution in [3.8, 4) is 17.2 Å². The Morgan fingerprint density at radius 2 is 0.593 bits per heavy atom. The van der Waals surface area contributed by atoms with Crippen molar-refractivity contribution >= 4 is 17.9 Å². The van der Waals surface area contributed by atoms with E-state index in [9.17, 15) is 14.4 Å². The first-order valence-corrected chi connectivity index (χ1v) is 17.3. The zero-order chi connectivity index (χ0) is 39.7. The SMILES string of the molecule is C=C(C)C(=O)OCCOCCOCCOc1ccccc1.C=C(C)C(=O)OCCOCCOc1ccccc1.C=C(C)C(=O)OCCOc1ccccc1. The van der Waals surface area contributed by atoms with E-state index in [0.29, 0.717) is 76.2 Å². The lowest BCUT2D eigenvalue weighted by molar-refractivity contribution is -0.141. The summed E-state index contributed by atoms with van der Waals surface area (Å²) in [5.41, 5.74) is 1.17. The summed E-state index contributed by atoms with van der Waals surface area (Å²) in [4.78, 5) is 33.0. The van der Waals surface area contributed by atoms with Gasteiger partial charge in [-0.05, 0) is 57.2 Å². The molecular weight excluding hydrogens is 696 g/mol. The monoisotopic (exact) mass is 750 g/mol. The Morgan fingerprint density at radius 3 is 0.870 bits per heavy atom. The van der Waals surface area contributed by atoms with Gasteiger partial charge < -0.3 is 42.6 Å². The first-order valence-electron chi connectivity index (χ1n) is 17.3. The molecule has 0 aliphatic heterocycles. The van der Waals surface area contributed by atoms with Crippen molar-refractivity contribution in [1.82, 2.24) is 0 Å². The number of rotatable bonds is 24. The first kappa shape index (κ1) is 46.6. The van der Waals surface area contributed by atoms with Crippen LogP contribution in [-0.4, -0.2) is 97.2 Å². The van der Waals surface area contributed by atoms with Gasteiger partial charge in [0.1, 0.15) is 56.9 Å². The molecule has 0 amide bonds. The summed E-state index contributed by atoms with van der Waals surface area (Å²) in [5, 5.41) is 0. The Hall–Kier alpha value is -5.43. The van der Waals surface area contributed by atoms with Gasteiger partial charge in [0.25, 0.3) is 0 Å². The van der Waals surface area contributed by atoms with E-state index < -0.39 is 5.97 Å². The number of benzene rings is 3. The average molecular weight is 751 g/mol. The third-order valence-electron chi connectivity index (χ3n) is 6.15. The standard InChI is InChI=1S/C16H22O5.C14H18O4.C12H14O3/c1-14(2)16(17)21-13-11-19-9-8-18-10-12-20-15-6-4-3-5-7-15;1-12(2)14(15)18-11-9-16-8-10-17-13-6-4-3-5-7-13;1-10(2)12(13)15-9-8-14-11-6-4-3-5-7-11/h3-7H,1,8-13H2,2H3;3-7H,1,8-11H2,2H3;3-7H,1,8-9H2,2H3. The molecule has 0 unspecified atom stereocenters. The molecule has 0 bridgehead atoms. The fraction of sp³-hybridized carbons (Fsp3) is 0.357. The van der Waals surface area contributed by atoms with Crippen LogP contribution in [0, 0.1) is 0 Å². The van der Waals surface area contributed by atoms with Gasteiger partial charge in [-0.1, -0.05) is 74.3 Å². The fourth-order valence-corrected chi connectivity index (χ4v) is 3.46. The maximum atomic E-state index is 11.1. The number of ether oxygens (including phenoxy) is 9. The average Bonchev–Trinajstić information content (AvgIpc) is 3.18. The van der Waals surface area contributed by atoms with Crippen LogP contribution in [0.5, 0.6) is 17.2 Å². The highest BCUT2D eigenvalue weighted by molar-refractivity contribution is 5.87. The molecule has 0 spiro atoms. The summed E-state index contributed by atoms with van der Waals surface area (Å²) >= 11 is 0. The van der Waals surface area contributed by atoms with E-state index in [2.05, 4.69) is 19.7 Å². The molecule has 294 valence electrons. The van der Waals surface area contributed by atoms with E-state index in [1.165, 1.54) is 0 Å². The van der Waals surface area contributed by atoms with Crippen LogP contribution in [0.3, 0.4) is 0 Å². The Balaban J connectivity index is 0.000000411. The van der Waals surface area contributed by atoms with E-state index in [-0.39, 0.29) is 31.8 Å². The Labute approximate surface area is 319 Å². The first-order chi connectivity index (χ1) is 26.1. The highest BCUT2D eigenvalue weighted by Crippen LogP contribution is 2.09. The molecule has 12 heteroatoms. The van der Waals surface area contributed by atoms with Crippen LogP contribution >= 0.6 is 0 Å². The second-order valence-corrected chi connectivity index (χ2v) is 11.1. The molecule has 3 aromatic carbocycles. The lowest BCUT2D eigenvalue weighted by Gasteiger charge is -2.08. The van der Waals surface area contributed by atoms with Gasteiger partial charge in [0.2, 0.25) is 0 Å². The normalized spacial score (nSPS) is 9.83. The molecule has 0 fully saturated rings. The minimum atomic E-state index is -0.395. The van der Waals surface area contributed by atoms with Crippen LogP contribution in [0.25, 0.3) is 0 Å². The highest BCUT2D eigenvalue weighted by Gasteiger charge is 2.04. The second-order valence-electron chi connectivity index (χ2n) is 11.1. The van der Waals surface area contributed by atoms with Crippen LogP contribution in [-0.2, 0) is 42.8 Å². The molecule has 0 aliphatic rings. The van der Waals surface area contributed by atoms with Gasteiger partial charge in [0, 0.05) is 16.7 Å². The Morgan fingerprint density at radius 1 is 0.370 bits per heavy atom. The van der Waals surface area contributed by atoms with Crippen molar-refractivity contribution in [3.63, 3.8) is 0 Å². The second kappa shape index (κ2) is 31.1. The Kier molecular flexibility index (Phi) is 26.9. The topological polar surface area (TPSA) is 134 Å². The van der Waals surface area contributed by atoms with Crippen LogP contribution in [0.4, 0.5) is 0 Å². The summed E-state index contributed by atoms with van der Waals surface area (Å²) < 4.78 is 46.7. The number of para-hydroxylation sites is 3. The molecule has 0 aromatic heterocycles. The third kappa shape index (κ3) is 26.4. The van der Waals surface area contributed by atoms with E-state index in [4.69, 9.17) is 42.6 Å². The van der Waals surface area contributed by atoms with E-state index in [1.807, 2.05) is 91.0 Å². The predicted molar refractivity (Wildman–Crippen MR) is 206 cm³/mol.